The second-order valence-electron chi connectivity index (χ2n) is 4.75. The number of carbonyl (C=O) groups excluding carboxylic acids is 1. The first-order chi connectivity index (χ1) is 10.6. The molecule has 0 unspecified atom stereocenters. The average molecular weight is 337 g/mol. The smallest absolute Gasteiger partial charge is 0.258 e. The highest BCUT2D eigenvalue weighted by Crippen LogP contribution is 2.27. The lowest BCUT2D eigenvalue weighted by atomic mass is 10.2. The molecule has 118 valence electrons. The van der Waals surface area contributed by atoms with Gasteiger partial charge in [0.15, 0.2) is 0 Å². The lowest BCUT2D eigenvalue weighted by molar-refractivity contribution is 0.102. The highest BCUT2D eigenvalue weighted by Gasteiger charge is 2.14. The Kier molecular flexibility index (Phi) is 6.35. The maximum atomic E-state index is 12.4. The maximum Gasteiger partial charge on any atom is 0.258 e. The number of anilines is 1. The van der Waals surface area contributed by atoms with Crippen molar-refractivity contribution in [2.45, 2.75) is 37.5 Å². The van der Waals surface area contributed by atoms with Crippen LogP contribution in [0.2, 0.25) is 0 Å². The first kappa shape index (κ1) is 16.9. The molecular weight excluding hydrogens is 318 g/mol. The molecule has 1 N–H and O–H groups in total. The molecule has 1 amide bonds. The van der Waals surface area contributed by atoms with E-state index in [0.29, 0.717) is 29.2 Å². The summed E-state index contributed by atoms with van der Waals surface area (Å²) in [5.74, 6) is -0.164. The van der Waals surface area contributed by atoms with Crippen LogP contribution in [0.1, 0.15) is 36.1 Å². The molecule has 0 bridgehead atoms. The minimum atomic E-state index is -0.164. The molecule has 0 aliphatic rings. The van der Waals surface area contributed by atoms with Crippen LogP contribution < -0.4 is 5.32 Å². The fraction of sp³-hybridized carbons (Fsp3) is 0.400. The Morgan fingerprint density at radius 2 is 2.14 bits per heavy atom. The zero-order chi connectivity index (χ0) is 15.9. The van der Waals surface area contributed by atoms with E-state index in [9.17, 15) is 4.79 Å². The van der Waals surface area contributed by atoms with Crippen molar-refractivity contribution >= 4 is 34.1 Å². The minimum Gasteiger partial charge on any atom is -0.374 e. The molecule has 22 heavy (non-hydrogen) atoms. The lowest BCUT2D eigenvalue weighted by Gasteiger charge is -2.10. The van der Waals surface area contributed by atoms with E-state index in [1.165, 1.54) is 11.3 Å². The lowest BCUT2D eigenvalue weighted by Crippen LogP contribution is -2.13. The highest BCUT2D eigenvalue weighted by molar-refractivity contribution is 8.00. The van der Waals surface area contributed by atoms with Crippen LogP contribution in [0.5, 0.6) is 0 Å². The van der Waals surface area contributed by atoms with E-state index in [-0.39, 0.29) is 5.91 Å². The second kappa shape index (κ2) is 8.26. The molecule has 0 saturated heterocycles. The molecule has 1 heterocycles. The minimum absolute atomic E-state index is 0.164. The van der Waals surface area contributed by atoms with Gasteiger partial charge in [-0.05, 0) is 19.1 Å². The van der Waals surface area contributed by atoms with Gasteiger partial charge in [0.2, 0.25) is 5.13 Å². The molecule has 0 spiro atoms. The van der Waals surface area contributed by atoms with Gasteiger partial charge in [-0.2, -0.15) is 0 Å². The van der Waals surface area contributed by atoms with Crippen molar-refractivity contribution < 1.29 is 9.53 Å². The van der Waals surface area contributed by atoms with Crippen molar-refractivity contribution in [3.8, 4) is 0 Å². The van der Waals surface area contributed by atoms with E-state index in [4.69, 9.17) is 4.74 Å². The molecule has 0 aliphatic carbocycles. The molecule has 0 atom stereocenters. The molecule has 1 aromatic carbocycles. The summed E-state index contributed by atoms with van der Waals surface area (Å²) in [5.41, 5.74) is 0.655. The summed E-state index contributed by atoms with van der Waals surface area (Å²) in [7, 11) is 0. The van der Waals surface area contributed by atoms with Crippen LogP contribution in [0, 0.1) is 0 Å². The van der Waals surface area contributed by atoms with Crippen LogP contribution in [0.25, 0.3) is 0 Å². The Bertz CT molecular complexity index is 629. The molecule has 2 aromatic rings. The number of hydrogen-bond acceptors (Lipinski definition) is 6. The van der Waals surface area contributed by atoms with Gasteiger partial charge in [-0.1, -0.05) is 37.3 Å². The zero-order valence-corrected chi connectivity index (χ0v) is 14.5. The van der Waals surface area contributed by atoms with Crippen LogP contribution in [0.15, 0.2) is 29.2 Å². The number of nitrogens with zero attached hydrogens (tertiary/aromatic N) is 2. The topological polar surface area (TPSA) is 64.1 Å². The molecule has 7 heteroatoms. The SMILES string of the molecule is CCOCc1nnc(NC(=O)c2ccccc2SC(C)C)s1. The van der Waals surface area contributed by atoms with Gasteiger partial charge in [0.25, 0.3) is 5.91 Å². The van der Waals surface area contributed by atoms with E-state index in [1.807, 2.05) is 31.2 Å². The molecule has 0 fully saturated rings. The summed E-state index contributed by atoms with van der Waals surface area (Å²) in [4.78, 5) is 13.4. The molecule has 0 radical (unpaired) electrons. The van der Waals surface area contributed by atoms with Gasteiger partial charge in [0.1, 0.15) is 11.6 Å². The first-order valence-corrected chi connectivity index (χ1v) is 8.77. The van der Waals surface area contributed by atoms with Crippen LogP contribution in [0.4, 0.5) is 5.13 Å². The maximum absolute atomic E-state index is 12.4. The van der Waals surface area contributed by atoms with Gasteiger partial charge in [0, 0.05) is 16.8 Å². The molecule has 1 aromatic heterocycles. The van der Waals surface area contributed by atoms with E-state index in [2.05, 4.69) is 29.4 Å². The highest BCUT2D eigenvalue weighted by atomic mass is 32.2. The first-order valence-electron chi connectivity index (χ1n) is 7.07. The Hall–Kier alpha value is -1.44. The monoisotopic (exact) mass is 337 g/mol. The van der Waals surface area contributed by atoms with Crippen molar-refractivity contribution in [3.05, 3.63) is 34.8 Å². The molecular formula is C15H19N3O2S2. The van der Waals surface area contributed by atoms with E-state index in [0.717, 1.165) is 9.90 Å². The summed E-state index contributed by atoms with van der Waals surface area (Å²) >= 11 is 3.00. The number of nitrogens with one attached hydrogen (secondary N) is 1. The van der Waals surface area contributed by atoms with Crippen molar-refractivity contribution in [2.24, 2.45) is 0 Å². The standard InChI is InChI=1S/C15H19N3O2S2/c1-4-20-9-13-17-18-15(22-13)16-14(19)11-7-5-6-8-12(11)21-10(2)3/h5-8,10H,4,9H2,1-3H3,(H,16,18,19). The fourth-order valence-corrected chi connectivity index (χ4v) is 3.35. The number of hydrogen-bond donors (Lipinski definition) is 1. The van der Waals surface area contributed by atoms with Crippen molar-refractivity contribution in [2.75, 3.05) is 11.9 Å². The van der Waals surface area contributed by atoms with Crippen LogP contribution >= 0.6 is 23.1 Å². The molecule has 2 rings (SSSR count). The number of ether oxygens (including phenoxy) is 1. The number of carbonyl (C=O) groups is 1. The largest absolute Gasteiger partial charge is 0.374 e. The van der Waals surface area contributed by atoms with Crippen molar-refractivity contribution in [1.29, 1.82) is 0 Å². The van der Waals surface area contributed by atoms with Gasteiger partial charge in [-0.3, -0.25) is 10.1 Å². The number of aromatic nitrogens is 2. The second-order valence-corrected chi connectivity index (χ2v) is 7.44. The van der Waals surface area contributed by atoms with Crippen molar-refractivity contribution in [1.82, 2.24) is 10.2 Å². The normalized spacial score (nSPS) is 10.9. The van der Waals surface area contributed by atoms with E-state index >= 15 is 0 Å². The Labute approximate surface area is 138 Å². The molecule has 5 nitrogen and oxygen atoms in total. The summed E-state index contributed by atoms with van der Waals surface area (Å²) in [6.07, 6.45) is 0. The predicted octanol–water partition coefficient (Wildman–Crippen LogP) is 3.83. The number of benzene rings is 1. The van der Waals surface area contributed by atoms with Gasteiger partial charge in [-0.25, -0.2) is 0 Å². The third-order valence-corrected chi connectivity index (χ3v) is 4.50. The summed E-state index contributed by atoms with van der Waals surface area (Å²) in [6, 6.07) is 7.58. The van der Waals surface area contributed by atoms with Gasteiger partial charge in [-0.15, -0.1) is 22.0 Å². The Morgan fingerprint density at radius 3 is 2.86 bits per heavy atom. The molecule has 0 saturated carbocycles. The third-order valence-electron chi connectivity index (χ3n) is 2.61. The van der Waals surface area contributed by atoms with Gasteiger partial charge < -0.3 is 4.74 Å². The van der Waals surface area contributed by atoms with Gasteiger partial charge in [0.05, 0.1) is 5.56 Å². The fourth-order valence-electron chi connectivity index (χ4n) is 1.73. The predicted molar refractivity (Wildman–Crippen MR) is 90.6 cm³/mol. The van der Waals surface area contributed by atoms with Crippen LogP contribution in [0.3, 0.4) is 0 Å². The molecule has 0 aliphatic heterocycles. The number of thioether (sulfide) groups is 1. The zero-order valence-electron chi connectivity index (χ0n) is 12.8. The number of rotatable bonds is 7. The average Bonchev–Trinajstić information content (AvgIpc) is 2.92. The summed E-state index contributed by atoms with van der Waals surface area (Å²) in [6.45, 7) is 7.17. The Morgan fingerprint density at radius 1 is 1.36 bits per heavy atom. The third kappa shape index (κ3) is 4.79. The van der Waals surface area contributed by atoms with E-state index < -0.39 is 0 Å². The Balaban J connectivity index is 2.07. The van der Waals surface area contributed by atoms with Crippen LogP contribution in [-0.4, -0.2) is 28.0 Å². The van der Waals surface area contributed by atoms with Crippen molar-refractivity contribution in [3.63, 3.8) is 0 Å². The van der Waals surface area contributed by atoms with E-state index in [1.54, 1.807) is 11.8 Å². The quantitative estimate of drug-likeness (QED) is 0.778. The number of amides is 1. The summed E-state index contributed by atoms with van der Waals surface area (Å²) < 4.78 is 5.28. The summed E-state index contributed by atoms with van der Waals surface area (Å²) in [5, 5.41) is 12.4. The van der Waals surface area contributed by atoms with Crippen LogP contribution in [-0.2, 0) is 11.3 Å². The van der Waals surface area contributed by atoms with Gasteiger partial charge >= 0.3 is 0 Å².